The van der Waals surface area contributed by atoms with Crippen molar-refractivity contribution in [1.29, 1.82) is 0 Å². The summed E-state index contributed by atoms with van der Waals surface area (Å²) in [5, 5.41) is 3.69. The number of fused-ring (bicyclic) bond motifs is 2. The van der Waals surface area contributed by atoms with Crippen molar-refractivity contribution in [3.05, 3.63) is 96.1 Å². The minimum absolute atomic E-state index is 0.124. The summed E-state index contributed by atoms with van der Waals surface area (Å²) in [6, 6.07) is 26.4. The van der Waals surface area contributed by atoms with E-state index in [2.05, 4.69) is 0 Å². The van der Waals surface area contributed by atoms with Crippen molar-refractivity contribution in [3.63, 3.8) is 0 Å². The fraction of sp³-hybridized carbons (Fsp3) is 0.154. The first-order valence-corrected chi connectivity index (χ1v) is 10.1. The average molecular weight is 414 g/mol. The highest BCUT2D eigenvalue weighted by atomic mass is 16.6. The topological polar surface area (TPSA) is 61.8 Å². The Morgan fingerprint density at radius 1 is 0.516 bits per heavy atom. The summed E-state index contributed by atoms with van der Waals surface area (Å²) in [5.74, 6) is -0.773. The molecule has 0 aliphatic heterocycles. The number of hydrogen-bond donors (Lipinski definition) is 0. The van der Waals surface area contributed by atoms with Gasteiger partial charge in [-0.15, -0.1) is 0 Å². The SMILES string of the molecule is O=C(OCCOCCOC(=O)c1cccc2ccccc12)c1cccc2ccccc12. The number of carbonyl (C=O) groups excluding carboxylic acids is 2. The Labute approximate surface area is 180 Å². The third-order valence-corrected chi connectivity index (χ3v) is 4.94. The quantitative estimate of drug-likeness (QED) is 0.299. The Morgan fingerprint density at radius 3 is 1.42 bits per heavy atom. The van der Waals surface area contributed by atoms with Crippen molar-refractivity contribution in [2.24, 2.45) is 0 Å². The second kappa shape index (κ2) is 9.87. The fourth-order valence-corrected chi connectivity index (χ4v) is 3.45. The summed E-state index contributed by atoms with van der Waals surface area (Å²) in [7, 11) is 0. The van der Waals surface area contributed by atoms with E-state index in [1.807, 2.05) is 72.8 Å². The van der Waals surface area contributed by atoms with Crippen LogP contribution in [0.25, 0.3) is 21.5 Å². The first-order valence-electron chi connectivity index (χ1n) is 10.1. The Hall–Kier alpha value is -3.70. The lowest BCUT2D eigenvalue weighted by Gasteiger charge is -2.09. The molecule has 31 heavy (non-hydrogen) atoms. The molecule has 0 aliphatic carbocycles. The standard InChI is InChI=1S/C26H22O5/c27-25(23-13-5-9-19-7-1-3-11-21(19)23)30-17-15-29-16-18-31-26(28)24-14-6-10-20-8-2-4-12-22(20)24/h1-14H,15-18H2. The predicted molar refractivity (Wildman–Crippen MR) is 119 cm³/mol. The first kappa shape index (κ1) is 20.6. The molecule has 0 unspecified atom stereocenters. The zero-order valence-corrected chi connectivity index (χ0v) is 17.0. The van der Waals surface area contributed by atoms with Gasteiger partial charge in [0.2, 0.25) is 0 Å². The molecule has 0 aromatic heterocycles. The van der Waals surface area contributed by atoms with Crippen molar-refractivity contribution >= 4 is 33.5 Å². The van der Waals surface area contributed by atoms with E-state index in [9.17, 15) is 9.59 Å². The van der Waals surface area contributed by atoms with E-state index in [0.29, 0.717) is 11.1 Å². The maximum atomic E-state index is 12.4. The number of benzene rings is 4. The van der Waals surface area contributed by atoms with Crippen LogP contribution in [-0.4, -0.2) is 38.4 Å². The van der Waals surface area contributed by atoms with Gasteiger partial charge in [-0.1, -0.05) is 72.8 Å². The molecule has 0 aliphatic rings. The van der Waals surface area contributed by atoms with E-state index < -0.39 is 0 Å². The van der Waals surface area contributed by atoms with E-state index in [0.717, 1.165) is 21.5 Å². The first-order chi connectivity index (χ1) is 15.2. The lowest BCUT2D eigenvalue weighted by molar-refractivity contribution is 0.0153. The fourth-order valence-electron chi connectivity index (χ4n) is 3.45. The molecular formula is C26H22O5. The van der Waals surface area contributed by atoms with Gasteiger partial charge in [-0.3, -0.25) is 0 Å². The van der Waals surface area contributed by atoms with Crippen LogP contribution >= 0.6 is 0 Å². The second-order valence-corrected chi connectivity index (χ2v) is 6.94. The van der Waals surface area contributed by atoms with Crippen molar-refractivity contribution in [2.45, 2.75) is 0 Å². The van der Waals surface area contributed by atoms with E-state index >= 15 is 0 Å². The highest BCUT2D eigenvalue weighted by Gasteiger charge is 2.12. The molecule has 4 aromatic rings. The highest BCUT2D eigenvalue weighted by Crippen LogP contribution is 2.20. The van der Waals surface area contributed by atoms with Gasteiger partial charge in [0, 0.05) is 0 Å². The molecule has 0 amide bonds. The minimum atomic E-state index is -0.386. The lowest BCUT2D eigenvalue weighted by atomic mass is 10.1. The summed E-state index contributed by atoms with van der Waals surface area (Å²) in [6.45, 7) is 0.698. The largest absolute Gasteiger partial charge is 0.460 e. The van der Waals surface area contributed by atoms with Crippen molar-refractivity contribution in [1.82, 2.24) is 0 Å². The molecule has 0 saturated carbocycles. The van der Waals surface area contributed by atoms with Crippen LogP contribution < -0.4 is 0 Å². The number of ether oxygens (including phenoxy) is 3. The van der Waals surface area contributed by atoms with Gasteiger partial charge in [-0.25, -0.2) is 9.59 Å². The Balaban J connectivity index is 1.19. The normalized spacial score (nSPS) is 10.8. The minimum Gasteiger partial charge on any atom is -0.460 e. The lowest BCUT2D eigenvalue weighted by Crippen LogP contribution is -2.15. The predicted octanol–water partition coefficient (Wildman–Crippen LogP) is 5.02. The molecule has 0 atom stereocenters. The Morgan fingerprint density at radius 2 is 0.935 bits per heavy atom. The molecule has 0 heterocycles. The molecule has 0 spiro atoms. The summed E-state index contributed by atoms with van der Waals surface area (Å²) in [5.41, 5.74) is 1.06. The molecule has 0 bridgehead atoms. The third-order valence-electron chi connectivity index (χ3n) is 4.94. The molecule has 5 nitrogen and oxygen atoms in total. The maximum Gasteiger partial charge on any atom is 0.338 e. The van der Waals surface area contributed by atoms with Crippen LogP contribution in [-0.2, 0) is 14.2 Å². The van der Waals surface area contributed by atoms with Crippen LogP contribution in [0.15, 0.2) is 84.9 Å². The van der Waals surface area contributed by atoms with Gasteiger partial charge in [0.25, 0.3) is 0 Å². The summed E-state index contributed by atoms with van der Waals surface area (Å²) in [4.78, 5) is 24.7. The van der Waals surface area contributed by atoms with Gasteiger partial charge in [0.1, 0.15) is 13.2 Å². The van der Waals surface area contributed by atoms with Crippen molar-refractivity contribution in [3.8, 4) is 0 Å². The molecule has 4 rings (SSSR count). The molecule has 0 N–H and O–H groups in total. The van der Waals surface area contributed by atoms with Gasteiger partial charge < -0.3 is 14.2 Å². The van der Waals surface area contributed by atoms with Crippen LogP contribution in [0.4, 0.5) is 0 Å². The molecule has 4 aromatic carbocycles. The van der Waals surface area contributed by atoms with Gasteiger partial charge in [0.15, 0.2) is 0 Å². The van der Waals surface area contributed by atoms with E-state index in [1.54, 1.807) is 12.1 Å². The van der Waals surface area contributed by atoms with Crippen LogP contribution in [0.1, 0.15) is 20.7 Å². The van der Waals surface area contributed by atoms with Crippen molar-refractivity contribution < 1.29 is 23.8 Å². The number of carbonyl (C=O) groups is 2. The van der Waals surface area contributed by atoms with E-state index in [-0.39, 0.29) is 38.4 Å². The molecule has 0 radical (unpaired) electrons. The van der Waals surface area contributed by atoms with Gasteiger partial charge >= 0.3 is 11.9 Å². The summed E-state index contributed by atoms with van der Waals surface area (Å²) < 4.78 is 16.0. The van der Waals surface area contributed by atoms with Crippen LogP contribution in [0, 0.1) is 0 Å². The Bertz CT molecular complexity index is 1110. The third kappa shape index (κ3) is 4.90. The average Bonchev–Trinajstić information content (AvgIpc) is 2.82. The van der Waals surface area contributed by atoms with Crippen LogP contribution in [0.3, 0.4) is 0 Å². The molecule has 0 saturated heterocycles. The zero-order chi connectivity index (χ0) is 21.5. The summed E-state index contributed by atoms with van der Waals surface area (Å²) in [6.07, 6.45) is 0. The van der Waals surface area contributed by atoms with Crippen LogP contribution in [0.5, 0.6) is 0 Å². The van der Waals surface area contributed by atoms with Gasteiger partial charge in [-0.2, -0.15) is 0 Å². The number of rotatable bonds is 8. The van der Waals surface area contributed by atoms with Gasteiger partial charge in [-0.05, 0) is 33.7 Å². The molecule has 156 valence electrons. The number of hydrogen-bond acceptors (Lipinski definition) is 5. The summed E-state index contributed by atoms with van der Waals surface area (Å²) >= 11 is 0. The maximum absolute atomic E-state index is 12.4. The monoisotopic (exact) mass is 414 g/mol. The van der Waals surface area contributed by atoms with E-state index in [4.69, 9.17) is 14.2 Å². The van der Waals surface area contributed by atoms with E-state index in [1.165, 1.54) is 0 Å². The smallest absolute Gasteiger partial charge is 0.338 e. The van der Waals surface area contributed by atoms with Crippen molar-refractivity contribution in [2.75, 3.05) is 26.4 Å². The Kier molecular flexibility index (Phi) is 6.55. The number of esters is 2. The van der Waals surface area contributed by atoms with Crippen LogP contribution in [0.2, 0.25) is 0 Å². The highest BCUT2D eigenvalue weighted by molar-refractivity contribution is 6.05. The molecule has 0 fully saturated rings. The second-order valence-electron chi connectivity index (χ2n) is 6.94. The zero-order valence-electron chi connectivity index (χ0n) is 17.0. The molecule has 5 heteroatoms. The molecular weight excluding hydrogens is 392 g/mol. The van der Waals surface area contributed by atoms with Gasteiger partial charge in [0.05, 0.1) is 24.3 Å².